The highest BCUT2D eigenvalue weighted by atomic mass is 16.5. The van der Waals surface area contributed by atoms with Gasteiger partial charge in [0.15, 0.2) is 0 Å². The van der Waals surface area contributed by atoms with Crippen LogP contribution in [0.5, 0.6) is 5.75 Å². The van der Waals surface area contributed by atoms with Crippen molar-refractivity contribution in [3.8, 4) is 5.75 Å². The first-order valence-corrected chi connectivity index (χ1v) is 5.29. The monoisotopic (exact) mass is 189 g/mol. The molecule has 75 valence electrons. The summed E-state index contributed by atoms with van der Waals surface area (Å²) in [6.07, 6.45) is 2.86. The minimum absolute atomic E-state index is 0.253. The smallest absolute Gasteiger partial charge is 0.123 e. The van der Waals surface area contributed by atoms with Gasteiger partial charge in [0.1, 0.15) is 5.75 Å². The minimum Gasteiger partial charge on any atom is -0.491 e. The largest absolute Gasteiger partial charge is 0.491 e. The average molecular weight is 189 g/mol. The lowest BCUT2D eigenvalue weighted by Gasteiger charge is -2.14. The van der Waals surface area contributed by atoms with Gasteiger partial charge in [-0.3, -0.25) is 0 Å². The lowest BCUT2D eigenvalue weighted by molar-refractivity contribution is 0.240. The molecule has 1 fully saturated rings. The van der Waals surface area contributed by atoms with Crippen LogP contribution >= 0.6 is 0 Å². The molecule has 2 rings (SSSR count). The number of rotatable bonds is 3. The van der Waals surface area contributed by atoms with Crippen molar-refractivity contribution < 1.29 is 4.74 Å². The third-order valence-electron chi connectivity index (χ3n) is 2.45. The summed E-state index contributed by atoms with van der Waals surface area (Å²) >= 11 is 0. The maximum Gasteiger partial charge on any atom is 0.123 e. The van der Waals surface area contributed by atoms with E-state index in [1.165, 1.54) is 18.4 Å². The molecule has 0 saturated heterocycles. The molecule has 0 heterocycles. The summed E-state index contributed by atoms with van der Waals surface area (Å²) in [6.45, 7) is 8.08. The summed E-state index contributed by atoms with van der Waals surface area (Å²) < 4.78 is 5.77. The molecule has 0 spiro atoms. The van der Waals surface area contributed by atoms with Gasteiger partial charge in [-0.05, 0) is 56.7 Å². The van der Waals surface area contributed by atoms with Gasteiger partial charge in [-0.1, -0.05) is 12.1 Å². The lowest BCUT2D eigenvalue weighted by atomic mass is 10.1. The number of ether oxygens (including phenoxy) is 1. The van der Waals surface area contributed by atoms with Crippen LogP contribution in [0.4, 0.5) is 0 Å². The normalized spacial score (nSPS) is 16.0. The second-order valence-corrected chi connectivity index (χ2v) is 4.31. The topological polar surface area (TPSA) is 9.23 Å². The van der Waals surface area contributed by atoms with E-state index in [0.717, 1.165) is 17.2 Å². The van der Waals surface area contributed by atoms with E-state index in [2.05, 4.69) is 32.9 Å². The highest BCUT2D eigenvalue weighted by Gasteiger charge is 2.26. The summed E-state index contributed by atoms with van der Waals surface area (Å²) in [5.41, 5.74) is 2.44. The third-order valence-corrected chi connectivity index (χ3v) is 2.45. The number of hydrogen-bond acceptors (Lipinski definition) is 1. The molecule has 1 aliphatic rings. The van der Waals surface area contributed by atoms with Crippen molar-refractivity contribution >= 4 is 0 Å². The molecule has 0 unspecified atom stereocenters. The fourth-order valence-electron chi connectivity index (χ4n) is 1.67. The lowest BCUT2D eigenvalue weighted by Crippen LogP contribution is -2.07. The molecule has 1 heteroatoms. The van der Waals surface area contributed by atoms with Gasteiger partial charge in [-0.15, -0.1) is 0 Å². The zero-order valence-corrected chi connectivity index (χ0v) is 8.92. The molecule has 0 bridgehead atoms. The molecular weight excluding hydrogens is 172 g/mol. The second kappa shape index (κ2) is 3.64. The highest BCUT2D eigenvalue weighted by Crippen LogP contribution is 2.44. The Morgan fingerprint density at radius 2 is 2.07 bits per heavy atom. The van der Waals surface area contributed by atoms with Crippen LogP contribution in [-0.2, 0) is 0 Å². The molecule has 1 saturated carbocycles. The van der Waals surface area contributed by atoms with Crippen LogP contribution in [0.15, 0.2) is 18.2 Å². The molecule has 0 amide bonds. The molecule has 0 aromatic heterocycles. The molecule has 1 aliphatic carbocycles. The van der Waals surface area contributed by atoms with Crippen molar-refractivity contribution in [1.82, 2.24) is 0 Å². The maximum absolute atomic E-state index is 5.77. The van der Waals surface area contributed by atoms with Crippen LogP contribution < -0.4 is 4.74 Å². The van der Waals surface area contributed by atoms with Crippen LogP contribution in [0.1, 0.15) is 43.7 Å². The fraction of sp³-hybridized carbons (Fsp3) is 0.462. The zero-order valence-electron chi connectivity index (χ0n) is 8.92. The molecular formula is C13H17O. The minimum atomic E-state index is 0.253. The Bertz CT molecular complexity index is 324. The molecule has 14 heavy (non-hydrogen) atoms. The van der Waals surface area contributed by atoms with E-state index in [9.17, 15) is 0 Å². The van der Waals surface area contributed by atoms with Crippen LogP contribution in [0.3, 0.4) is 0 Å². The van der Waals surface area contributed by atoms with E-state index < -0.39 is 0 Å². The van der Waals surface area contributed by atoms with Gasteiger partial charge < -0.3 is 4.74 Å². The van der Waals surface area contributed by atoms with Gasteiger partial charge in [0.2, 0.25) is 0 Å². The van der Waals surface area contributed by atoms with E-state index in [0.29, 0.717) is 0 Å². The Kier molecular flexibility index (Phi) is 2.49. The first-order valence-electron chi connectivity index (χ1n) is 5.29. The SMILES string of the molecule is [CH2]c1ccc(OC(C)C)c(C2CC2)c1. The van der Waals surface area contributed by atoms with Gasteiger partial charge in [-0.2, -0.15) is 0 Å². The van der Waals surface area contributed by atoms with Crippen LogP contribution in [-0.4, -0.2) is 6.10 Å². The van der Waals surface area contributed by atoms with Crippen LogP contribution in [0.2, 0.25) is 0 Å². The molecule has 0 N–H and O–H groups in total. The first kappa shape index (κ1) is 9.57. The summed E-state index contributed by atoms with van der Waals surface area (Å²) in [7, 11) is 0. The predicted octanol–water partition coefficient (Wildman–Crippen LogP) is 3.53. The van der Waals surface area contributed by atoms with Gasteiger partial charge in [0.25, 0.3) is 0 Å². The van der Waals surface area contributed by atoms with Crippen molar-refractivity contribution in [2.75, 3.05) is 0 Å². The Morgan fingerprint density at radius 3 is 2.64 bits per heavy atom. The zero-order chi connectivity index (χ0) is 10.1. The van der Waals surface area contributed by atoms with E-state index in [4.69, 9.17) is 4.74 Å². The van der Waals surface area contributed by atoms with Crippen molar-refractivity contribution in [2.45, 2.75) is 38.7 Å². The van der Waals surface area contributed by atoms with Crippen molar-refractivity contribution in [3.63, 3.8) is 0 Å². The average Bonchev–Trinajstić information content (AvgIpc) is 2.90. The van der Waals surface area contributed by atoms with Crippen molar-refractivity contribution in [2.24, 2.45) is 0 Å². The summed E-state index contributed by atoms with van der Waals surface area (Å²) in [4.78, 5) is 0. The predicted molar refractivity (Wildman–Crippen MR) is 58.6 cm³/mol. The molecule has 0 aliphatic heterocycles. The highest BCUT2D eigenvalue weighted by molar-refractivity contribution is 5.42. The molecule has 1 aromatic rings. The Hall–Kier alpha value is -0.980. The Morgan fingerprint density at radius 1 is 1.36 bits per heavy atom. The first-order chi connectivity index (χ1) is 6.66. The van der Waals surface area contributed by atoms with Gasteiger partial charge >= 0.3 is 0 Å². The Labute approximate surface area is 86.1 Å². The van der Waals surface area contributed by atoms with Crippen molar-refractivity contribution in [1.29, 1.82) is 0 Å². The summed E-state index contributed by atoms with van der Waals surface area (Å²) in [5.74, 6) is 1.78. The molecule has 1 radical (unpaired) electrons. The third kappa shape index (κ3) is 2.09. The van der Waals surface area contributed by atoms with Crippen LogP contribution in [0.25, 0.3) is 0 Å². The van der Waals surface area contributed by atoms with Gasteiger partial charge in [0, 0.05) is 0 Å². The second-order valence-electron chi connectivity index (χ2n) is 4.31. The fourth-order valence-corrected chi connectivity index (χ4v) is 1.67. The van der Waals surface area contributed by atoms with Gasteiger partial charge in [-0.25, -0.2) is 0 Å². The number of hydrogen-bond donors (Lipinski definition) is 0. The van der Waals surface area contributed by atoms with E-state index in [-0.39, 0.29) is 6.10 Å². The van der Waals surface area contributed by atoms with E-state index in [1.807, 2.05) is 6.07 Å². The molecule has 0 atom stereocenters. The van der Waals surface area contributed by atoms with E-state index >= 15 is 0 Å². The molecule has 1 nitrogen and oxygen atoms in total. The van der Waals surface area contributed by atoms with Crippen LogP contribution in [0, 0.1) is 6.92 Å². The standard InChI is InChI=1S/C13H17O/c1-9(2)14-13-7-4-10(3)8-12(13)11-5-6-11/h4,7-9,11H,3,5-6H2,1-2H3. The Balaban J connectivity index is 2.27. The van der Waals surface area contributed by atoms with E-state index in [1.54, 1.807) is 0 Å². The van der Waals surface area contributed by atoms with Crippen molar-refractivity contribution in [3.05, 3.63) is 36.2 Å². The number of benzene rings is 1. The summed E-state index contributed by atoms with van der Waals surface area (Å²) in [5, 5.41) is 0. The van der Waals surface area contributed by atoms with Gasteiger partial charge in [0.05, 0.1) is 6.10 Å². The maximum atomic E-state index is 5.77. The quantitative estimate of drug-likeness (QED) is 0.706. The summed E-state index contributed by atoms with van der Waals surface area (Å²) in [6, 6.07) is 6.23. The molecule has 1 aromatic carbocycles.